The van der Waals surface area contributed by atoms with E-state index in [1.165, 1.54) is 0 Å². The van der Waals surface area contributed by atoms with Gasteiger partial charge in [0.15, 0.2) is 18.1 Å². The summed E-state index contributed by atoms with van der Waals surface area (Å²) in [5.41, 5.74) is 0.679. The highest BCUT2D eigenvalue weighted by molar-refractivity contribution is 5.94. The molecule has 3 rings (SSSR count). The third kappa shape index (κ3) is 5.03. The zero-order valence-electron chi connectivity index (χ0n) is 16.2. The number of ether oxygens (including phenoxy) is 2. The fraction of sp³-hybridized carbons (Fsp3) is 0.364. The first-order chi connectivity index (χ1) is 13.7. The van der Waals surface area contributed by atoms with Gasteiger partial charge >= 0.3 is 0 Å². The van der Waals surface area contributed by atoms with Crippen LogP contribution in [0.3, 0.4) is 0 Å². The van der Waals surface area contributed by atoms with Crippen molar-refractivity contribution in [3.63, 3.8) is 0 Å². The maximum absolute atomic E-state index is 12.6. The van der Waals surface area contributed by atoms with Crippen LogP contribution in [0.5, 0.6) is 11.5 Å². The Bertz CT molecular complexity index is 794. The van der Waals surface area contributed by atoms with Crippen LogP contribution >= 0.6 is 0 Å². The van der Waals surface area contributed by atoms with Crippen molar-refractivity contribution in [2.45, 2.75) is 13.3 Å². The van der Waals surface area contributed by atoms with Crippen molar-refractivity contribution in [2.75, 3.05) is 39.4 Å². The van der Waals surface area contributed by atoms with E-state index in [-0.39, 0.29) is 18.4 Å². The second kappa shape index (κ2) is 9.78. The molecule has 0 N–H and O–H groups in total. The normalized spacial score (nSPS) is 14.3. The summed E-state index contributed by atoms with van der Waals surface area (Å²) in [5, 5.41) is 0. The average molecular weight is 382 g/mol. The SMILES string of the molecule is CCOc1ccccc1OCC(=O)N1CCCN(C(=O)c2ccccc2)CC1. The highest BCUT2D eigenvalue weighted by atomic mass is 16.5. The van der Waals surface area contributed by atoms with Gasteiger partial charge < -0.3 is 19.3 Å². The molecule has 0 saturated carbocycles. The topological polar surface area (TPSA) is 59.1 Å². The third-order valence-electron chi connectivity index (χ3n) is 4.66. The second-order valence-electron chi connectivity index (χ2n) is 6.56. The van der Waals surface area contributed by atoms with Crippen molar-refractivity contribution in [1.29, 1.82) is 0 Å². The molecule has 0 aliphatic carbocycles. The molecule has 1 heterocycles. The Hall–Kier alpha value is -3.02. The number of para-hydroxylation sites is 2. The van der Waals surface area contributed by atoms with Crippen molar-refractivity contribution in [3.8, 4) is 11.5 Å². The van der Waals surface area contributed by atoms with Crippen LogP contribution < -0.4 is 9.47 Å². The third-order valence-corrected chi connectivity index (χ3v) is 4.66. The quantitative estimate of drug-likeness (QED) is 0.771. The Morgan fingerprint density at radius 2 is 1.43 bits per heavy atom. The second-order valence-corrected chi connectivity index (χ2v) is 6.56. The summed E-state index contributed by atoms with van der Waals surface area (Å²) in [6.45, 7) is 4.69. The molecule has 1 saturated heterocycles. The Morgan fingerprint density at radius 1 is 0.821 bits per heavy atom. The lowest BCUT2D eigenvalue weighted by molar-refractivity contribution is -0.133. The highest BCUT2D eigenvalue weighted by Crippen LogP contribution is 2.26. The maximum atomic E-state index is 12.6. The minimum atomic E-state index is -0.0830. The van der Waals surface area contributed by atoms with Crippen LogP contribution in [0.2, 0.25) is 0 Å². The molecule has 1 aliphatic rings. The van der Waals surface area contributed by atoms with E-state index in [0.29, 0.717) is 49.8 Å². The molecule has 0 atom stereocenters. The maximum Gasteiger partial charge on any atom is 0.260 e. The van der Waals surface area contributed by atoms with Crippen LogP contribution in [-0.2, 0) is 4.79 Å². The van der Waals surface area contributed by atoms with Crippen LogP contribution in [0.15, 0.2) is 54.6 Å². The summed E-state index contributed by atoms with van der Waals surface area (Å²) >= 11 is 0. The molecule has 1 aliphatic heterocycles. The predicted octanol–water partition coefficient (Wildman–Crippen LogP) is 2.84. The summed E-state index contributed by atoms with van der Waals surface area (Å²) in [7, 11) is 0. The van der Waals surface area contributed by atoms with E-state index in [4.69, 9.17) is 9.47 Å². The van der Waals surface area contributed by atoms with Gasteiger partial charge in [-0.25, -0.2) is 0 Å². The number of hydrogen-bond donors (Lipinski definition) is 0. The Balaban J connectivity index is 1.54. The first-order valence-electron chi connectivity index (χ1n) is 9.65. The van der Waals surface area contributed by atoms with Crippen LogP contribution in [0.4, 0.5) is 0 Å². The van der Waals surface area contributed by atoms with Gasteiger partial charge in [-0.3, -0.25) is 9.59 Å². The van der Waals surface area contributed by atoms with Crippen molar-refractivity contribution in [2.24, 2.45) is 0 Å². The Kier molecular flexibility index (Phi) is 6.89. The lowest BCUT2D eigenvalue weighted by Gasteiger charge is -2.22. The fourth-order valence-corrected chi connectivity index (χ4v) is 3.21. The van der Waals surface area contributed by atoms with Crippen molar-refractivity contribution < 1.29 is 19.1 Å². The van der Waals surface area contributed by atoms with E-state index in [9.17, 15) is 9.59 Å². The van der Waals surface area contributed by atoms with Crippen LogP contribution in [0.1, 0.15) is 23.7 Å². The molecule has 6 heteroatoms. The minimum Gasteiger partial charge on any atom is -0.490 e. The summed E-state index contributed by atoms with van der Waals surface area (Å²) in [5.74, 6) is 1.12. The predicted molar refractivity (Wildman–Crippen MR) is 107 cm³/mol. The number of rotatable bonds is 6. The van der Waals surface area contributed by atoms with E-state index in [1.54, 1.807) is 11.0 Å². The van der Waals surface area contributed by atoms with Crippen LogP contribution in [0, 0.1) is 0 Å². The smallest absolute Gasteiger partial charge is 0.260 e. The van der Waals surface area contributed by atoms with Gasteiger partial charge in [0.2, 0.25) is 0 Å². The fourth-order valence-electron chi connectivity index (χ4n) is 3.21. The highest BCUT2D eigenvalue weighted by Gasteiger charge is 2.23. The minimum absolute atomic E-state index is 0.0109. The number of nitrogens with zero attached hydrogens (tertiary/aromatic N) is 2. The molecule has 2 aromatic carbocycles. The van der Waals surface area contributed by atoms with E-state index >= 15 is 0 Å². The number of benzene rings is 2. The number of hydrogen-bond acceptors (Lipinski definition) is 4. The molecule has 2 amide bonds. The van der Waals surface area contributed by atoms with Gasteiger partial charge in [0.25, 0.3) is 11.8 Å². The van der Waals surface area contributed by atoms with Crippen LogP contribution in [0.25, 0.3) is 0 Å². The zero-order valence-corrected chi connectivity index (χ0v) is 16.2. The Morgan fingerprint density at radius 3 is 2.14 bits per heavy atom. The molecule has 0 spiro atoms. The number of carbonyl (C=O) groups excluding carboxylic acids is 2. The van der Waals surface area contributed by atoms with Gasteiger partial charge in [-0.05, 0) is 37.6 Å². The summed E-state index contributed by atoms with van der Waals surface area (Å²) in [6, 6.07) is 16.6. The van der Waals surface area contributed by atoms with Crippen molar-refractivity contribution in [3.05, 3.63) is 60.2 Å². The number of amides is 2. The van der Waals surface area contributed by atoms with E-state index in [0.717, 1.165) is 6.42 Å². The standard InChI is InChI=1S/C22H26N2O4/c1-2-27-19-11-6-7-12-20(19)28-17-21(25)23-13-8-14-24(16-15-23)22(26)18-9-4-3-5-10-18/h3-7,9-12H,2,8,13-17H2,1H3. The Labute approximate surface area is 165 Å². The molecule has 0 unspecified atom stereocenters. The first kappa shape index (κ1) is 19.7. The van der Waals surface area contributed by atoms with Crippen molar-refractivity contribution in [1.82, 2.24) is 9.80 Å². The summed E-state index contributed by atoms with van der Waals surface area (Å²) < 4.78 is 11.2. The van der Waals surface area contributed by atoms with Gasteiger partial charge in [0.1, 0.15) is 0 Å². The lowest BCUT2D eigenvalue weighted by atomic mass is 10.2. The van der Waals surface area contributed by atoms with E-state index in [1.807, 2.05) is 60.4 Å². The van der Waals surface area contributed by atoms with Gasteiger partial charge in [-0.2, -0.15) is 0 Å². The molecular weight excluding hydrogens is 356 g/mol. The van der Waals surface area contributed by atoms with E-state index < -0.39 is 0 Å². The summed E-state index contributed by atoms with van der Waals surface area (Å²) in [6.07, 6.45) is 0.750. The van der Waals surface area contributed by atoms with Gasteiger partial charge in [0, 0.05) is 31.7 Å². The van der Waals surface area contributed by atoms with Crippen LogP contribution in [-0.4, -0.2) is 61.0 Å². The molecular formula is C22H26N2O4. The zero-order chi connectivity index (χ0) is 19.8. The monoisotopic (exact) mass is 382 g/mol. The molecule has 28 heavy (non-hydrogen) atoms. The number of carbonyl (C=O) groups is 2. The molecule has 0 radical (unpaired) electrons. The summed E-state index contributed by atoms with van der Waals surface area (Å²) in [4.78, 5) is 28.8. The first-order valence-corrected chi connectivity index (χ1v) is 9.65. The molecule has 0 bridgehead atoms. The molecule has 2 aromatic rings. The molecule has 1 fully saturated rings. The molecule has 0 aromatic heterocycles. The van der Waals surface area contributed by atoms with E-state index in [2.05, 4.69) is 0 Å². The molecule has 148 valence electrons. The van der Waals surface area contributed by atoms with Crippen molar-refractivity contribution >= 4 is 11.8 Å². The largest absolute Gasteiger partial charge is 0.490 e. The van der Waals surface area contributed by atoms with Gasteiger partial charge in [-0.15, -0.1) is 0 Å². The lowest BCUT2D eigenvalue weighted by Crippen LogP contribution is -2.39. The van der Waals surface area contributed by atoms with Gasteiger partial charge in [0.05, 0.1) is 6.61 Å². The average Bonchev–Trinajstić information content (AvgIpc) is 2.99. The van der Waals surface area contributed by atoms with Gasteiger partial charge in [-0.1, -0.05) is 30.3 Å². The molecule has 6 nitrogen and oxygen atoms in total.